The third-order valence-electron chi connectivity index (χ3n) is 3.83. The lowest BCUT2D eigenvalue weighted by atomic mass is 9.92. The Morgan fingerprint density at radius 3 is 2.30 bits per heavy atom. The molecule has 0 amide bonds. The molecule has 1 aromatic carbocycles. The number of nitrogens with one attached hydrogen (secondary N) is 1. The van der Waals surface area contributed by atoms with E-state index in [9.17, 15) is 0 Å². The molecule has 2 rings (SSSR count). The summed E-state index contributed by atoms with van der Waals surface area (Å²) >= 11 is 0. The fraction of sp³-hybridized carbons (Fsp3) is 0.353. The second-order valence-corrected chi connectivity index (χ2v) is 5.51. The van der Waals surface area contributed by atoms with Crippen LogP contribution in [0, 0.1) is 27.7 Å². The lowest BCUT2D eigenvalue weighted by Gasteiger charge is -2.20. The summed E-state index contributed by atoms with van der Waals surface area (Å²) in [6.45, 7) is 8.52. The SMILES string of the molecule is Cc1cc(C)c(CC(NN)c2ncccc2C)c(C)c1. The number of nitrogens with two attached hydrogens (primary N) is 1. The van der Waals surface area contributed by atoms with Gasteiger partial charge in [0, 0.05) is 6.20 Å². The first-order chi connectivity index (χ1) is 9.52. The van der Waals surface area contributed by atoms with Gasteiger partial charge in [0.05, 0.1) is 11.7 Å². The Morgan fingerprint density at radius 1 is 1.10 bits per heavy atom. The highest BCUT2D eigenvalue weighted by molar-refractivity contribution is 5.39. The highest BCUT2D eigenvalue weighted by Crippen LogP contribution is 2.24. The van der Waals surface area contributed by atoms with Crippen LogP contribution in [0.1, 0.15) is 39.6 Å². The largest absolute Gasteiger partial charge is 0.271 e. The van der Waals surface area contributed by atoms with Gasteiger partial charge in [-0.15, -0.1) is 0 Å². The topological polar surface area (TPSA) is 50.9 Å². The monoisotopic (exact) mass is 269 g/mol. The molecule has 0 aliphatic heterocycles. The van der Waals surface area contributed by atoms with Crippen molar-refractivity contribution < 1.29 is 0 Å². The Labute approximate surface area is 121 Å². The van der Waals surface area contributed by atoms with Crippen molar-refractivity contribution in [2.24, 2.45) is 5.84 Å². The molecule has 1 atom stereocenters. The molecule has 0 aliphatic rings. The van der Waals surface area contributed by atoms with Crippen LogP contribution in [0.15, 0.2) is 30.5 Å². The molecule has 1 aromatic heterocycles. The zero-order chi connectivity index (χ0) is 14.7. The molecule has 0 aliphatic carbocycles. The fourth-order valence-electron chi connectivity index (χ4n) is 2.83. The molecule has 0 fully saturated rings. The average Bonchev–Trinajstić information content (AvgIpc) is 2.39. The smallest absolute Gasteiger partial charge is 0.0675 e. The fourth-order valence-corrected chi connectivity index (χ4v) is 2.83. The van der Waals surface area contributed by atoms with Gasteiger partial charge < -0.3 is 0 Å². The summed E-state index contributed by atoms with van der Waals surface area (Å²) in [7, 11) is 0. The number of rotatable bonds is 4. The van der Waals surface area contributed by atoms with Crippen LogP contribution in [0.25, 0.3) is 0 Å². The van der Waals surface area contributed by atoms with E-state index in [1.54, 1.807) is 0 Å². The molecule has 3 heteroatoms. The van der Waals surface area contributed by atoms with Crippen LogP contribution in [0.2, 0.25) is 0 Å². The Bertz CT molecular complexity index is 582. The van der Waals surface area contributed by atoms with Crippen LogP contribution >= 0.6 is 0 Å². The van der Waals surface area contributed by atoms with E-state index in [1.165, 1.54) is 22.3 Å². The van der Waals surface area contributed by atoms with Gasteiger partial charge in [0.15, 0.2) is 0 Å². The van der Waals surface area contributed by atoms with Crippen LogP contribution in [0.3, 0.4) is 0 Å². The van der Waals surface area contributed by atoms with Crippen LogP contribution in [0.5, 0.6) is 0 Å². The van der Waals surface area contributed by atoms with Crippen molar-refractivity contribution in [2.45, 2.75) is 40.2 Å². The van der Waals surface area contributed by atoms with Crippen LogP contribution in [-0.2, 0) is 6.42 Å². The normalized spacial score (nSPS) is 12.4. The summed E-state index contributed by atoms with van der Waals surface area (Å²) in [5.41, 5.74) is 10.4. The molecular formula is C17H23N3. The van der Waals surface area contributed by atoms with Crippen LogP contribution in [0.4, 0.5) is 0 Å². The van der Waals surface area contributed by atoms with Gasteiger partial charge in [0.1, 0.15) is 0 Å². The van der Waals surface area contributed by atoms with Crippen molar-refractivity contribution in [1.29, 1.82) is 0 Å². The number of aromatic nitrogens is 1. The van der Waals surface area contributed by atoms with Crippen molar-refractivity contribution >= 4 is 0 Å². The minimum absolute atomic E-state index is 0.0382. The van der Waals surface area contributed by atoms with Gasteiger partial charge in [0.25, 0.3) is 0 Å². The molecule has 1 heterocycles. The summed E-state index contributed by atoms with van der Waals surface area (Å²) in [6.07, 6.45) is 2.67. The molecule has 2 aromatic rings. The van der Waals surface area contributed by atoms with Gasteiger partial charge in [-0.1, -0.05) is 23.8 Å². The van der Waals surface area contributed by atoms with Crippen molar-refractivity contribution in [3.05, 3.63) is 64.0 Å². The Balaban J connectivity index is 2.35. The molecular weight excluding hydrogens is 246 g/mol. The van der Waals surface area contributed by atoms with E-state index in [-0.39, 0.29) is 6.04 Å². The molecule has 3 nitrogen and oxygen atoms in total. The Hall–Kier alpha value is -1.71. The summed E-state index contributed by atoms with van der Waals surface area (Å²) in [4.78, 5) is 4.48. The summed E-state index contributed by atoms with van der Waals surface area (Å²) in [5.74, 6) is 5.76. The molecule has 0 radical (unpaired) electrons. The van der Waals surface area contributed by atoms with Crippen molar-refractivity contribution in [3.8, 4) is 0 Å². The number of hydrogen-bond acceptors (Lipinski definition) is 3. The second-order valence-electron chi connectivity index (χ2n) is 5.51. The van der Waals surface area contributed by atoms with Gasteiger partial charge in [-0.2, -0.15) is 0 Å². The van der Waals surface area contributed by atoms with E-state index in [0.717, 1.165) is 17.7 Å². The van der Waals surface area contributed by atoms with Crippen molar-refractivity contribution in [3.63, 3.8) is 0 Å². The predicted octanol–water partition coefficient (Wildman–Crippen LogP) is 3.06. The maximum atomic E-state index is 5.76. The average molecular weight is 269 g/mol. The van der Waals surface area contributed by atoms with Crippen molar-refractivity contribution in [1.82, 2.24) is 10.4 Å². The first kappa shape index (κ1) is 14.7. The van der Waals surface area contributed by atoms with E-state index in [1.807, 2.05) is 12.3 Å². The Morgan fingerprint density at radius 2 is 1.75 bits per heavy atom. The first-order valence-corrected chi connectivity index (χ1v) is 6.97. The molecule has 0 saturated carbocycles. The highest BCUT2D eigenvalue weighted by atomic mass is 15.2. The summed E-state index contributed by atoms with van der Waals surface area (Å²) in [5, 5.41) is 0. The van der Waals surface area contributed by atoms with Gasteiger partial charge in [-0.25, -0.2) is 0 Å². The maximum Gasteiger partial charge on any atom is 0.0675 e. The molecule has 106 valence electrons. The zero-order valence-corrected chi connectivity index (χ0v) is 12.7. The number of nitrogens with zero attached hydrogens (tertiary/aromatic N) is 1. The van der Waals surface area contributed by atoms with Gasteiger partial charge in [0.2, 0.25) is 0 Å². The van der Waals surface area contributed by atoms with E-state index in [0.29, 0.717) is 0 Å². The molecule has 0 spiro atoms. The lowest BCUT2D eigenvalue weighted by Crippen LogP contribution is -2.31. The minimum atomic E-state index is 0.0382. The molecule has 1 unspecified atom stereocenters. The van der Waals surface area contributed by atoms with E-state index in [2.05, 4.69) is 56.3 Å². The second kappa shape index (κ2) is 6.16. The quantitative estimate of drug-likeness (QED) is 0.662. The number of hydrogen-bond donors (Lipinski definition) is 2. The number of benzene rings is 1. The van der Waals surface area contributed by atoms with E-state index >= 15 is 0 Å². The standard InChI is InChI=1S/C17H23N3/c1-11-8-13(3)15(14(4)9-11)10-16(20-18)17-12(2)6-5-7-19-17/h5-9,16,20H,10,18H2,1-4H3. The van der Waals surface area contributed by atoms with Crippen molar-refractivity contribution in [2.75, 3.05) is 0 Å². The minimum Gasteiger partial charge on any atom is -0.271 e. The Kier molecular flexibility index (Phi) is 4.53. The number of aryl methyl sites for hydroxylation is 4. The van der Waals surface area contributed by atoms with E-state index < -0.39 is 0 Å². The summed E-state index contributed by atoms with van der Waals surface area (Å²) < 4.78 is 0. The highest BCUT2D eigenvalue weighted by Gasteiger charge is 2.16. The van der Waals surface area contributed by atoms with Crippen LogP contribution < -0.4 is 11.3 Å². The van der Waals surface area contributed by atoms with E-state index in [4.69, 9.17) is 5.84 Å². The van der Waals surface area contributed by atoms with Gasteiger partial charge >= 0.3 is 0 Å². The molecule has 0 saturated heterocycles. The number of pyridine rings is 1. The lowest BCUT2D eigenvalue weighted by molar-refractivity contribution is 0.533. The first-order valence-electron chi connectivity index (χ1n) is 6.97. The van der Waals surface area contributed by atoms with Gasteiger partial charge in [-0.3, -0.25) is 16.3 Å². The summed E-state index contributed by atoms with van der Waals surface area (Å²) in [6, 6.07) is 8.51. The maximum absolute atomic E-state index is 5.76. The predicted molar refractivity (Wildman–Crippen MR) is 83.4 cm³/mol. The molecule has 20 heavy (non-hydrogen) atoms. The third-order valence-corrected chi connectivity index (χ3v) is 3.83. The van der Waals surface area contributed by atoms with Gasteiger partial charge in [-0.05, 0) is 62.4 Å². The zero-order valence-electron chi connectivity index (χ0n) is 12.7. The molecule has 0 bridgehead atoms. The molecule has 3 N–H and O–H groups in total. The number of hydrazine groups is 1. The van der Waals surface area contributed by atoms with Crippen LogP contribution in [-0.4, -0.2) is 4.98 Å². The third kappa shape index (κ3) is 3.06.